The lowest BCUT2D eigenvalue weighted by Crippen LogP contribution is -2.41. The summed E-state index contributed by atoms with van der Waals surface area (Å²) in [6.07, 6.45) is 3.46. The molecule has 0 spiro atoms. The maximum absolute atomic E-state index is 12.2. The average Bonchev–Trinajstić information content (AvgIpc) is 2.57. The van der Waals surface area contributed by atoms with Crippen LogP contribution in [0.25, 0.3) is 0 Å². The molecule has 5 nitrogen and oxygen atoms in total. The lowest BCUT2D eigenvalue weighted by atomic mass is 10.1. The summed E-state index contributed by atoms with van der Waals surface area (Å²) in [6, 6.07) is 11.1. The van der Waals surface area contributed by atoms with Crippen LogP contribution in [0.3, 0.4) is 0 Å². The minimum atomic E-state index is -0.217. The van der Waals surface area contributed by atoms with Gasteiger partial charge >= 0.3 is 6.03 Å². The minimum absolute atomic E-state index is 0.00171. The maximum atomic E-state index is 12.2. The number of hydrogen-bond donors (Lipinski definition) is 2. The molecule has 1 aromatic heterocycles. The SMILES string of the molecule is C[C@@H](NC(=O)NC[C@H](c1ccccc1Cl)N(C)C)c1cccnc1. The zero-order valence-corrected chi connectivity index (χ0v) is 14.9. The fourth-order valence-electron chi connectivity index (χ4n) is 2.47. The summed E-state index contributed by atoms with van der Waals surface area (Å²) in [4.78, 5) is 18.3. The molecule has 6 heteroatoms. The molecular formula is C18H23ClN4O. The Morgan fingerprint density at radius 2 is 2.00 bits per heavy atom. The number of rotatable bonds is 6. The number of pyridine rings is 1. The first-order chi connectivity index (χ1) is 11.5. The van der Waals surface area contributed by atoms with Crippen LogP contribution in [0, 0.1) is 0 Å². The molecule has 1 aromatic carbocycles. The summed E-state index contributed by atoms with van der Waals surface area (Å²) in [5.41, 5.74) is 1.95. The molecule has 128 valence electrons. The molecule has 0 unspecified atom stereocenters. The fourth-order valence-corrected chi connectivity index (χ4v) is 2.73. The van der Waals surface area contributed by atoms with Crippen LogP contribution in [0.5, 0.6) is 0 Å². The van der Waals surface area contributed by atoms with Gasteiger partial charge in [-0.1, -0.05) is 35.9 Å². The Hall–Kier alpha value is -2.11. The third-order valence-corrected chi connectivity index (χ3v) is 4.22. The first-order valence-corrected chi connectivity index (χ1v) is 8.22. The topological polar surface area (TPSA) is 57.3 Å². The minimum Gasteiger partial charge on any atom is -0.336 e. The highest BCUT2D eigenvalue weighted by molar-refractivity contribution is 6.31. The number of amides is 2. The second-order valence-electron chi connectivity index (χ2n) is 5.86. The van der Waals surface area contributed by atoms with Crippen molar-refractivity contribution in [1.82, 2.24) is 20.5 Å². The molecule has 0 aliphatic carbocycles. The predicted octanol–water partition coefficient (Wildman–Crippen LogP) is 3.40. The number of nitrogens with one attached hydrogen (secondary N) is 2. The fraction of sp³-hybridized carbons (Fsp3) is 0.333. The average molecular weight is 347 g/mol. The maximum Gasteiger partial charge on any atom is 0.315 e. The van der Waals surface area contributed by atoms with Crippen molar-refractivity contribution in [3.8, 4) is 0 Å². The van der Waals surface area contributed by atoms with Crippen molar-refractivity contribution >= 4 is 17.6 Å². The highest BCUT2D eigenvalue weighted by Crippen LogP contribution is 2.25. The van der Waals surface area contributed by atoms with E-state index in [2.05, 4.69) is 15.6 Å². The molecule has 2 rings (SSSR count). The Morgan fingerprint density at radius 3 is 2.62 bits per heavy atom. The van der Waals surface area contributed by atoms with Crippen molar-refractivity contribution in [3.05, 3.63) is 64.9 Å². The summed E-state index contributed by atoms with van der Waals surface area (Å²) < 4.78 is 0. The van der Waals surface area contributed by atoms with E-state index in [9.17, 15) is 4.79 Å². The van der Waals surface area contributed by atoms with E-state index < -0.39 is 0 Å². The van der Waals surface area contributed by atoms with Crippen LogP contribution < -0.4 is 10.6 Å². The Morgan fingerprint density at radius 1 is 1.25 bits per heavy atom. The van der Waals surface area contributed by atoms with Gasteiger partial charge in [0.05, 0.1) is 12.1 Å². The van der Waals surface area contributed by atoms with Gasteiger partial charge in [-0.25, -0.2) is 4.79 Å². The van der Waals surface area contributed by atoms with Gasteiger partial charge in [-0.05, 0) is 44.3 Å². The number of urea groups is 1. The molecule has 0 saturated heterocycles. The van der Waals surface area contributed by atoms with E-state index in [0.717, 1.165) is 11.1 Å². The van der Waals surface area contributed by atoms with Gasteiger partial charge in [-0.2, -0.15) is 0 Å². The molecular weight excluding hydrogens is 324 g/mol. The molecule has 2 atom stereocenters. The third-order valence-electron chi connectivity index (χ3n) is 3.88. The van der Waals surface area contributed by atoms with Gasteiger partial charge in [-0.15, -0.1) is 0 Å². The van der Waals surface area contributed by atoms with Crippen LogP contribution in [-0.4, -0.2) is 36.6 Å². The summed E-state index contributed by atoms with van der Waals surface area (Å²) in [5, 5.41) is 6.53. The molecule has 24 heavy (non-hydrogen) atoms. The number of likely N-dealkylation sites (N-methyl/N-ethyl adjacent to an activating group) is 1. The Labute approximate surface area is 148 Å². The number of hydrogen-bond acceptors (Lipinski definition) is 3. The third kappa shape index (κ3) is 4.94. The van der Waals surface area contributed by atoms with Crippen molar-refractivity contribution < 1.29 is 4.79 Å². The molecule has 0 fully saturated rings. The standard InChI is InChI=1S/C18H23ClN4O/c1-13(14-7-6-10-20-11-14)22-18(24)21-12-17(23(2)3)15-8-4-5-9-16(15)19/h4-11,13,17H,12H2,1-3H3,(H2,21,22,24)/t13-,17-/m1/s1. The molecule has 2 aromatic rings. The van der Waals surface area contributed by atoms with Crippen molar-refractivity contribution in [2.45, 2.75) is 19.0 Å². The molecule has 2 N–H and O–H groups in total. The normalized spacial score (nSPS) is 13.4. The second kappa shape index (κ2) is 8.66. The number of halogens is 1. The smallest absolute Gasteiger partial charge is 0.315 e. The van der Waals surface area contributed by atoms with Crippen molar-refractivity contribution in [2.24, 2.45) is 0 Å². The Bertz CT molecular complexity index is 663. The summed E-state index contributed by atoms with van der Waals surface area (Å²) in [5.74, 6) is 0. The van der Waals surface area contributed by atoms with Gasteiger partial charge in [-0.3, -0.25) is 4.98 Å². The van der Waals surface area contributed by atoms with Gasteiger partial charge in [0.15, 0.2) is 0 Å². The van der Waals surface area contributed by atoms with Crippen LogP contribution in [-0.2, 0) is 0 Å². The van der Waals surface area contributed by atoms with Gasteiger partial charge in [0.1, 0.15) is 0 Å². The van der Waals surface area contributed by atoms with Crippen LogP contribution in [0.4, 0.5) is 4.79 Å². The van der Waals surface area contributed by atoms with Crippen LogP contribution in [0.1, 0.15) is 30.1 Å². The number of carbonyl (C=O) groups is 1. The van der Waals surface area contributed by atoms with Crippen LogP contribution in [0.2, 0.25) is 5.02 Å². The predicted molar refractivity (Wildman–Crippen MR) is 97.1 cm³/mol. The summed E-state index contributed by atoms with van der Waals surface area (Å²) in [6.45, 7) is 2.39. The zero-order chi connectivity index (χ0) is 17.5. The van der Waals surface area contributed by atoms with E-state index in [4.69, 9.17) is 11.6 Å². The van der Waals surface area contributed by atoms with E-state index in [-0.39, 0.29) is 18.1 Å². The quantitative estimate of drug-likeness (QED) is 0.842. The van der Waals surface area contributed by atoms with E-state index in [1.807, 2.05) is 62.3 Å². The van der Waals surface area contributed by atoms with Crippen molar-refractivity contribution in [1.29, 1.82) is 0 Å². The lowest BCUT2D eigenvalue weighted by Gasteiger charge is -2.26. The first kappa shape index (κ1) is 18.2. The van der Waals surface area contributed by atoms with Crippen molar-refractivity contribution in [2.75, 3.05) is 20.6 Å². The molecule has 0 saturated carbocycles. The van der Waals surface area contributed by atoms with E-state index in [1.165, 1.54) is 0 Å². The zero-order valence-electron chi connectivity index (χ0n) is 14.2. The number of carbonyl (C=O) groups excluding carboxylic acids is 1. The lowest BCUT2D eigenvalue weighted by molar-refractivity contribution is 0.230. The summed E-state index contributed by atoms with van der Waals surface area (Å²) in [7, 11) is 3.93. The van der Waals surface area contributed by atoms with Gasteiger partial charge < -0.3 is 15.5 Å². The number of aromatic nitrogens is 1. The number of benzene rings is 1. The van der Waals surface area contributed by atoms with E-state index in [0.29, 0.717) is 11.6 Å². The van der Waals surface area contributed by atoms with Gasteiger partial charge in [0, 0.05) is 24.0 Å². The Balaban J connectivity index is 1.95. The van der Waals surface area contributed by atoms with Crippen molar-refractivity contribution in [3.63, 3.8) is 0 Å². The van der Waals surface area contributed by atoms with Gasteiger partial charge in [0.2, 0.25) is 0 Å². The largest absolute Gasteiger partial charge is 0.336 e. The molecule has 0 radical (unpaired) electrons. The molecule has 0 bridgehead atoms. The van der Waals surface area contributed by atoms with E-state index >= 15 is 0 Å². The van der Waals surface area contributed by atoms with Crippen LogP contribution >= 0.6 is 11.6 Å². The van der Waals surface area contributed by atoms with E-state index in [1.54, 1.807) is 12.4 Å². The molecule has 2 amide bonds. The highest BCUT2D eigenvalue weighted by Gasteiger charge is 2.18. The number of nitrogens with zero attached hydrogens (tertiary/aromatic N) is 2. The second-order valence-corrected chi connectivity index (χ2v) is 6.27. The van der Waals surface area contributed by atoms with Gasteiger partial charge in [0.25, 0.3) is 0 Å². The molecule has 1 heterocycles. The highest BCUT2D eigenvalue weighted by atomic mass is 35.5. The molecule has 0 aliphatic heterocycles. The monoisotopic (exact) mass is 346 g/mol. The molecule has 0 aliphatic rings. The first-order valence-electron chi connectivity index (χ1n) is 7.84. The Kier molecular flexibility index (Phi) is 6.58. The van der Waals surface area contributed by atoms with Crippen LogP contribution in [0.15, 0.2) is 48.8 Å². The summed E-state index contributed by atoms with van der Waals surface area (Å²) >= 11 is 6.28.